The molecule has 0 saturated heterocycles. The molecule has 6 nitrogen and oxygen atoms in total. The molecule has 1 aromatic carbocycles. The summed E-state index contributed by atoms with van der Waals surface area (Å²) in [5, 5.41) is 21.8. The second kappa shape index (κ2) is 6.02. The minimum atomic E-state index is -1.39. The van der Waals surface area contributed by atoms with Crippen LogP contribution in [0.3, 0.4) is 0 Å². The summed E-state index contributed by atoms with van der Waals surface area (Å²) in [6.45, 7) is 0.142. The highest BCUT2D eigenvalue weighted by Gasteiger charge is 2.24. The van der Waals surface area contributed by atoms with Crippen molar-refractivity contribution in [3.63, 3.8) is 0 Å². The van der Waals surface area contributed by atoms with Gasteiger partial charge in [0, 0.05) is 11.6 Å². The topological polar surface area (TPSA) is 89.7 Å². The highest BCUT2D eigenvalue weighted by atomic mass is 79.9. The molecule has 0 bridgehead atoms. The molecule has 1 aromatic heterocycles. The van der Waals surface area contributed by atoms with Crippen molar-refractivity contribution in [3.05, 3.63) is 54.7 Å². The van der Waals surface area contributed by atoms with E-state index in [4.69, 9.17) is 9.84 Å². The van der Waals surface area contributed by atoms with Gasteiger partial charge in [0.1, 0.15) is 12.4 Å². The monoisotopic (exact) mass is 357 g/mol. The number of ether oxygens (including phenoxy) is 1. The molecule has 0 amide bonds. The fourth-order valence-corrected chi connectivity index (χ4v) is 2.78. The molecule has 20 heavy (non-hydrogen) atoms. The number of rotatable bonds is 5. The lowest BCUT2D eigenvalue weighted by atomic mass is 10.1. The van der Waals surface area contributed by atoms with Gasteiger partial charge in [-0.3, -0.25) is 10.1 Å². The third-order valence-electron chi connectivity index (χ3n) is 2.43. The maximum absolute atomic E-state index is 11.2. The first-order valence-electron chi connectivity index (χ1n) is 5.35. The zero-order chi connectivity index (χ0) is 14.7. The van der Waals surface area contributed by atoms with E-state index in [9.17, 15) is 14.9 Å². The van der Waals surface area contributed by atoms with Crippen molar-refractivity contribution in [2.75, 3.05) is 0 Å². The van der Waals surface area contributed by atoms with Crippen LogP contribution in [0.4, 0.5) is 5.69 Å². The first kappa shape index (κ1) is 14.5. The molecule has 0 fully saturated rings. The van der Waals surface area contributed by atoms with Gasteiger partial charge in [-0.1, -0.05) is 6.07 Å². The molecule has 0 unspecified atom stereocenters. The molecule has 2 rings (SSSR count). The Hall–Kier alpha value is -1.93. The normalized spacial score (nSPS) is 10.2. The number of benzene rings is 1. The number of halogens is 1. The van der Waals surface area contributed by atoms with Crippen molar-refractivity contribution in [2.45, 2.75) is 6.61 Å². The van der Waals surface area contributed by atoms with Crippen molar-refractivity contribution in [1.29, 1.82) is 0 Å². The molecule has 0 saturated carbocycles. The van der Waals surface area contributed by atoms with Gasteiger partial charge in [-0.2, -0.15) is 0 Å². The van der Waals surface area contributed by atoms with Crippen LogP contribution in [0.25, 0.3) is 0 Å². The second-order valence-corrected chi connectivity index (χ2v) is 6.05. The van der Waals surface area contributed by atoms with Gasteiger partial charge in [-0.15, -0.1) is 11.3 Å². The number of carboxylic acids is 1. The smallest absolute Gasteiger partial charge is 0.346 e. The summed E-state index contributed by atoms with van der Waals surface area (Å²) in [5.41, 5.74) is -0.0713. The molecule has 8 heteroatoms. The maximum atomic E-state index is 11.2. The predicted octanol–water partition coefficient (Wildman–Crippen LogP) is 3.70. The van der Waals surface area contributed by atoms with Crippen molar-refractivity contribution < 1.29 is 19.6 Å². The molecule has 2 aromatic rings. The van der Waals surface area contributed by atoms with Crippen LogP contribution in [-0.2, 0) is 6.61 Å². The number of hydrogen-bond donors (Lipinski definition) is 1. The predicted molar refractivity (Wildman–Crippen MR) is 76.4 cm³/mol. The Kier molecular flexibility index (Phi) is 4.35. The summed E-state index contributed by atoms with van der Waals surface area (Å²) >= 11 is 4.78. The highest BCUT2D eigenvalue weighted by Crippen LogP contribution is 2.29. The molecule has 0 aliphatic heterocycles. The number of nitro benzene ring substituents is 1. The van der Waals surface area contributed by atoms with Crippen LogP contribution in [0.2, 0.25) is 0 Å². The van der Waals surface area contributed by atoms with Crippen molar-refractivity contribution in [3.8, 4) is 5.75 Å². The minimum Gasteiger partial charge on any atom is -0.488 e. The van der Waals surface area contributed by atoms with E-state index in [1.807, 2.05) is 11.4 Å². The fraction of sp³-hybridized carbons (Fsp3) is 0.0833. The summed E-state index contributed by atoms with van der Waals surface area (Å²) in [4.78, 5) is 21.3. The number of nitrogens with zero attached hydrogens (tertiary/aromatic N) is 1. The van der Waals surface area contributed by atoms with Crippen LogP contribution >= 0.6 is 27.3 Å². The number of hydrogen-bond acceptors (Lipinski definition) is 5. The molecule has 1 N–H and O–H groups in total. The number of nitro groups is 1. The van der Waals surface area contributed by atoms with Crippen molar-refractivity contribution in [1.82, 2.24) is 0 Å². The summed E-state index contributed by atoms with van der Waals surface area (Å²) in [6, 6.07) is 5.77. The van der Waals surface area contributed by atoms with Crippen LogP contribution in [0.1, 0.15) is 15.9 Å². The van der Waals surface area contributed by atoms with E-state index in [1.165, 1.54) is 23.5 Å². The van der Waals surface area contributed by atoms with E-state index >= 15 is 0 Å². The number of carbonyl (C=O) groups is 1. The van der Waals surface area contributed by atoms with Gasteiger partial charge >= 0.3 is 5.97 Å². The van der Waals surface area contributed by atoms with Gasteiger partial charge in [-0.05, 0) is 33.4 Å². The van der Waals surface area contributed by atoms with E-state index < -0.39 is 22.1 Å². The largest absolute Gasteiger partial charge is 0.488 e. The molecular formula is C12H8BrNO5S. The van der Waals surface area contributed by atoms with E-state index in [0.29, 0.717) is 0 Å². The quantitative estimate of drug-likeness (QED) is 0.650. The van der Waals surface area contributed by atoms with Crippen LogP contribution in [-0.4, -0.2) is 16.0 Å². The maximum Gasteiger partial charge on any atom is 0.346 e. The summed E-state index contributed by atoms with van der Waals surface area (Å²) in [6.07, 6.45) is 0. The van der Waals surface area contributed by atoms with Gasteiger partial charge in [0.05, 0.1) is 8.71 Å². The lowest BCUT2D eigenvalue weighted by Crippen LogP contribution is -2.06. The Morgan fingerprint density at radius 1 is 1.50 bits per heavy atom. The summed E-state index contributed by atoms with van der Waals surface area (Å²) in [7, 11) is 0. The lowest BCUT2D eigenvalue weighted by Gasteiger charge is -2.08. The highest BCUT2D eigenvalue weighted by molar-refractivity contribution is 9.11. The third-order valence-corrected chi connectivity index (χ3v) is 3.98. The molecule has 0 atom stereocenters. The van der Waals surface area contributed by atoms with E-state index in [0.717, 1.165) is 15.4 Å². The number of thiophene rings is 1. The Morgan fingerprint density at radius 2 is 2.25 bits per heavy atom. The Morgan fingerprint density at radius 3 is 2.80 bits per heavy atom. The lowest BCUT2D eigenvalue weighted by molar-refractivity contribution is -0.385. The fourth-order valence-electron chi connectivity index (χ4n) is 1.59. The van der Waals surface area contributed by atoms with Gasteiger partial charge in [0.2, 0.25) is 0 Å². The van der Waals surface area contributed by atoms with E-state index in [2.05, 4.69) is 15.9 Å². The average Bonchev–Trinajstić information content (AvgIpc) is 2.81. The van der Waals surface area contributed by atoms with Gasteiger partial charge < -0.3 is 9.84 Å². The number of carboxylic acid groups (broad SMARTS) is 1. The molecule has 0 aliphatic carbocycles. The minimum absolute atomic E-state index is 0.0194. The van der Waals surface area contributed by atoms with Crippen LogP contribution in [0.5, 0.6) is 5.75 Å². The zero-order valence-corrected chi connectivity index (χ0v) is 12.3. The first-order chi connectivity index (χ1) is 9.49. The second-order valence-electron chi connectivity index (χ2n) is 3.76. The molecule has 1 heterocycles. The molecule has 104 valence electrons. The molecule has 0 aliphatic rings. The summed E-state index contributed by atoms with van der Waals surface area (Å²) in [5.74, 6) is -1.41. The number of aromatic carboxylic acids is 1. The van der Waals surface area contributed by atoms with Crippen molar-refractivity contribution in [2.24, 2.45) is 0 Å². The molecule has 0 radical (unpaired) electrons. The Bertz CT molecular complexity index is 670. The summed E-state index contributed by atoms with van der Waals surface area (Å²) < 4.78 is 6.31. The van der Waals surface area contributed by atoms with Gasteiger partial charge in [0.25, 0.3) is 5.69 Å². The van der Waals surface area contributed by atoms with Crippen LogP contribution in [0, 0.1) is 10.1 Å². The Labute approximate surface area is 125 Å². The Balaban J connectivity index is 2.29. The van der Waals surface area contributed by atoms with Crippen LogP contribution < -0.4 is 4.74 Å². The average molecular weight is 358 g/mol. The molecule has 0 spiro atoms. The van der Waals surface area contributed by atoms with Crippen LogP contribution in [0.15, 0.2) is 33.4 Å². The van der Waals surface area contributed by atoms with Gasteiger partial charge in [0.15, 0.2) is 5.56 Å². The third kappa shape index (κ3) is 3.14. The standard InChI is InChI=1S/C12H8BrNO5S/c13-10-4-7(6-20-10)5-19-9-3-1-2-8(14(17)18)11(9)12(15)16/h1-4,6H,5H2,(H,15,16). The van der Waals surface area contributed by atoms with E-state index in [1.54, 1.807) is 0 Å². The zero-order valence-electron chi connectivity index (χ0n) is 9.91. The van der Waals surface area contributed by atoms with Gasteiger partial charge in [-0.25, -0.2) is 4.79 Å². The first-order valence-corrected chi connectivity index (χ1v) is 7.02. The molecular weight excluding hydrogens is 350 g/mol. The SMILES string of the molecule is O=C(O)c1c(OCc2csc(Br)c2)cccc1[N+](=O)[O-]. The van der Waals surface area contributed by atoms with E-state index in [-0.39, 0.29) is 12.4 Å². The van der Waals surface area contributed by atoms with Crippen molar-refractivity contribution >= 4 is 38.9 Å².